The predicted molar refractivity (Wildman–Crippen MR) is 268 cm³/mol. The SMILES string of the molecule is CC(O)O.O=S(=O)(N1C(O)[N-]C(c2ccccc2)C1c1ccccc1)C(F)(F)F.O=S(=O)(N1C(O)[N-][C@H](c2ccccc2)[C@H]1c1ccccc1)C(F)(F)F.O=S(=O)(N1[C@H](c2ccccc2)[C@@H](c2ccccc2)[N-][C@@H]1O)C(F)(F)F.[Rh+2].[Rh]. The molecular formula is C50H48F9N6O11Rh2S3-. The summed E-state index contributed by atoms with van der Waals surface area (Å²) in [7, 11) is -17.3. The molecule has 31 heteroatoms. The first-order chi connectivity index (χ1) is 36.9. The van der Waals surface area contributed by atoms with E-state index in [9.17, 15) is 80.1 Å². The predicted octanol–water partition coefficient (Wildman–Crippen LogP) is 9.16. The van der Waals surface area contributed by atoms with Gasteiger partial charge in [0.05, 0.1) is 0 Å². The Morgan fingerprint density at radius 3 is 0.667 bits per heavy atom. The fourth-order valence-electron chi connectivity index (χ4n) is 8.59. The van der Waals surface area contributed by atoms with Crippen molar-refractivity contribution in [3.05, 3.63) is 231 Å². The van der Waals surface area contributed by atoms with E-state index in [-0.39, 0.29) is 51.9 Å². The summed E-state index contributed by atoms with van der Waals surface area (Å²) in [4.78, 5) is 0. The van der Waals surface area contributed by atoms with Gasteiger partial charge in [0.15, 0.2) is 0 Å². The first-order valence-corrected chi connectivity index (χ1v) is 27.3. The minimum atomic E-state index is -5.77. The molecule has 444 valence electrons. The standard InChI is InChI=1S/3C16H14F3N2O3S.C2H6O2.2Rh/c3*17-16(18,19)25(23,24)21-14(12-9-5-2-6-10-12)13(20-15(21)22)11-7-3-1-4-8-11;1-2(3)4;;/h3*1-10,13-15,22H;2-4H,1H3;;/q3*-1;;;+2/t13-,14-,15?;13-,14-,15+;;;;/m11..../s1. The molecule has 9 atom stereocenters. The molecule has 0 saturated carbocycles. The van der Waals surface area contributed by atoms with Crippen LogP contribution in [-0.2, 0) is 69.0 Å². The van der Waals surface area contributed by atoms with Gasteiger partial charge < -0.3 is 41.5 Å². The monoisotopic (exact) mass is 1380 g/mol. The van der Waals surface area contributed by atoms with Crippen molar-refractivity contribution in [2.24, 2.45) is 0 Å². The summed E-state index contributed by atoms with van der Waals surface area (Å²) < 4.78 is 190. The first-order valence-electron chi connectivity index (χ1n) is 23.0. The number of alkyl halides is 9. The third-order valence-corrected chi connectivity index (χ3v) is 16.5. The summed E-state index contributed by atoms with van der Waals surface area (Å²) >= 11 is 0. The molecule has 5 N–H and O–H groups in total. The Bertz CT molecular complexity index is 2900. The van der Waals surface area contributed by atoms with Crippen LogP contribution in [0.1, 0.15) is 76.6 Å². The first kappa shape index (κ1) is 68.8. The molecule has 0 aliphatic carbocycles. The molecule has 0 aromatic heterocycles. The summed E-state index contributed by atoms with van der Waals surface area (Å²) in [6.45, 7) is 1.28. The third kappa shape index (κ3) is 15.8. The van der Waals surface area contributed by atoms with Crippen LogP contribution in [0.25, 0.3) is 16.0 Å². The zero-order valence-electron chi connectivity index (χ0n) is 41.3. The molecule has 0 spiro atoms. The van der Waals surface area contributed by atoms with Gasteiger partial charge in [-0.05, 0) is 23.6 Å². The molecule has 6 aromatic rings. The molecular weight excluding hydrogens is 1330 g/mol. The van der Waals surface area contributed by atoms with Crippen LogP contribution in [-0.4, -0.2) is 106 Å². The number of hydrogen-bond donors (Lipinski definition) is 5. The van der Waals surface area contributed by atoms with E-state index >= 15 is 0 Å². The molecule has 4 unspecified atom stereocenters. The molecule has 3 aliphatic heterocycles. The van der Waals surface area contributed by atoms with E-state index in [1.54, 1.807) is 146 Å². The maximum atomic E-state index is 13.1. The van der Waals surface area contributed by atoms with E-state index in [2.05, 4.69) is 16.0 Å². The Balaban J connectivity index is 0.000000250. The number of sulfonamides is 3. The van der Waals surface area contributed by atoms with Crippen LogP contribution in [0.3, 0.4) is 0 Å². The number of halogens is 9. The van der Waals surface area contributed by atoms with Gasteiger partial charge in [0.2, 0.25) is 0 Å². The zero-order chi connectivity index (χ0) is 58.3. The maximum absolute atomic E-state index is 13.1. The fraction of sp³-hybridized carbons (Fsp3) is 0.280. The summed E-state index contributed by atoms with van der Waals surface area (Å²) in [5.41, 5.74) is -14.2. The smallest absolute Gasteiger partial charge is 0.615 e. The van der Waals surface area contributed by atoms with E-state index in [4.69, 9.17) is 10.2 Å². The van der Waals surface area contributed by atoms with Crippen molar-refractivity contribution < 1.29 is 129 Å². The Morgan fingerprint density at radius 2 is 0.519 bits per heavy atom. The van der Waals surface area contributed by atoms with Crippen LogP contribution in [0.4, 0.5) is 39.5 Å². The van der Waals surface area contributed by atoms with Gasteiger partial charge >= 0.3 is 66.1 Å². The van der Waals surface area contributed by atoms with Crippen LogP contribution >= 0.6 is 0 Å². The van der Waals surface area contributed by atoms with Gasteiger partial charge in [0.25, 0.3) is 0 Å². The summed E-state index contributed by atoms with van der Waals surface area (Å²) in [6.07, 6.45) is -7.54. The molecule has 3 heterocycles. The number of aliphatic hydroxyl groups excluding tert-OH is 4. The van der Waals surface area contributed by atoms with Crippen LogP contribution < -0.4 is 0 Å². The van der Waals surface area contributed by atoms with Crippen molar-refractivity contribution >= 4 is 30.1 Å². The number of rotatable bonds is 9. The molecule has 6 aromatic carbocycles. The Morgan fingerprint density at radius 1 is 0.370 bits per heavy atom. The van der Waals surface area contributed by atoms with Crippen LogP contribution in [0.2, 0.25) is 0 Å². The van der Waals surface area contributed by atoms with Gasteiger partial charge in [0.1, 0.15) is 6.29 Å². The summed E-state index contributed by atoms with van der Waals surface area (Å²) in [5.74, 6) is 0. The quantitative estimate of drug-likeness (QED) is 0.0518. The summed E-state index contributed by atoms with van der Waals surface area (Å²) in [6, 6.07) is 41.6. The van der Waals surface area contributed by atoms with E-state index < -0.39 is 108 Å². The second kappa shape index (κ2) is 28.3. The van der Waals surface area contributed by atoms with Gasteiger partial charge in [-0.3, -0.25) is 0 Å². The van der Waals surface area contributed by atoms with Crippen LogP contribution in [0.15, 0.2) is 182 Å². The van der Waals surface area contributed by atoms with Crippen LogP contribution in [0, 0.1) is 0 Å². The van der Waals surface area contributed by atoms with Gasteiger partial charge in [-0.25, -0.2) is 25.3 Å². The second-order valence-electron chi connectivity index (χ2n) is 17.1. The molecule has 0 bridgehead atoms. The molecule has 17 nitrogen and oxygen atoms in total. The molecule has 2 radical (unpaired) electrons. The fourth-order valence-corrected chi connectivity index (χ4v) is 11.8. The Labute approximate surface area is 485 Å². The van der Waals surface area contributed by atoms with Gasteiger partial charge in [0, 0.05) is 56.7 Å². The molecule has 3 aliphatic rings. The van der Waals surface area contributed by atoms with Crippen molar-refractivity contribution in [1.82, 2.24) is 12.9 Å². The van der Waals surface area contributed by atoms with E-state index in [1.807, 2.05) is 0 Å². The van der Waals surface area contributed by atoms with E-state index in [1.165, 1.54) is 43.3 Å². The summed E-state index contributed by atoms with van der Waals surface area (Å²) in [5, 5.41) is 57.0. The molecule has 3 fully saturated rings. The van der Waals surface area contributed by atoms with Gasteiger partial charge in [-0.2, -0.15) is 52.4 Å². The van der Waals surface area contributed by atoms with Crippen molar-refractivity contribution in [3.8, 4) is 0 Å². The molecule has 81 heavy (non-hydrogen) atoms. The Kier molecular flexibility index (Phi) is 24.0. The van der Waals surface area contributed by atoms with E-state index in [0.29, 0.717) is 33.4 Å². The third-order valence-electron chi connectivity index (χ3n) is 11.8. The minimum absolute atomic E-state index is 0. The molecule has 9 rings (SSSR count). The zero-order valence-corrected chi connectivity index (χ0v) is 47.0. The second-order valence-corrected chi connectivity index (χ2v) is 22.6. The molecule has 3 saturated heterocycles. The maximum Gasteiger partial charge on any atom is 2.00 e. The average Bonchev–Trinajstić information content (AvgIpc) is 4.08. The van der Waals surface area contributed by atoms with Gasteiger partial charge in [-0.15, -0.1) is 0 Å². The van der Waals surface area contributed by atoms with E-state index in [0.717, 1.165) is 0 Å². The molecule has 0 amide bonds. The number of benzene rings is 6. The number of nitrogens with zero attached hydrogens (tertiary/aromatic N) is 6. The largest absolute Gasteiger partial charge is 2.00 e. The van der Waals surface area contributed by atoms with Gasteiger partial charge in [-0.1, -0.05) is 217 Å². The number of aliphatic hydroxyl groups is 5. The van der Waals surface area contributed by atoms with Crippen molar-refractivity contribution in [3.63, 3.8) is 0 Å². The topological polar surface area (TPSA) is 256 Å². The van der Waals surface area contributed by atoms with Crippen molar-refractivity contribution in [1.29, 1.82) is 0 Å². The average molecular weight is 1380 g/mol. The minimum Gasteiger partial charge on any atom is -0.615 e. The number of hydrogen-bond acceptors (Lipinski definition) is 11. The Hall–Kier alpha value is -4.65. The normalized spacial score (nSPS) is 23.8. The van der Waals surface area contributed by atoms with Crippen molar-refractivity contribution in [2.45, 2.75) is 85.0 Å². The van der Waals surface area contributed by atoms with Crippen molar-refractivity contribution in [2.75, 3.05) is 0 Å². The van der Waals surface area contributed by atoms with Crippen LogP contribution in [0.5, 0.6) is 0 Å².